The standard InChI is InChI=1S/C10H20N2S2/c1-4-9-7-14-10(12-9)11-8(2)5-6-13-3/h8-9H,4-7H2,1-3H3,(H,11,12). The summed E-state index contributed by atoms with van der Waals surface area (Å²) >= 11 is 3.78. The Morgan fingerprint density at radius 2 is 2.50 bits per heavy atom. The SMILES string of the molecule is CCC1CSC(NC(C)CCSC)=N1. The van der Waals surface area contributed by atoms with E-state index in [1.54, 1.807) is 0 Å². The summed E-state index contributed by atoms with van der Waals surface area (Å²) in [6, 6.07) is 1.11. The first-order valence-corrected chi connectivity index (χ1v) is 7.60. The molecule has 0 aromatic carbocycles. The molecule has 0 fully saturated rings. The fraction of sp³-hybridized carbons (Fsp3) is 0.900. The van der Waals surface area contributed by atoms with Gasteiger partial charge in [-0.15, -0.1) is 0 Å². The molecule has 2 unspecified atom stereocenters. The van der Waals surface area contributed by atoms with E-state index in [1.165, 1.54) is 12.2 Å². The van der Waals surface area contributed by atoms with E-state index >= 15 is 0 Å². The molecule has 4 heteroatoms. The largest absolute Gasteiger partial charge is 0.362 e. The van der Waals surface area contributed by atoms with Crippen molar-refractivity contribution in [3.63, 3.8) is 0 Å². The highest BCUT2D eigenvalue weighted by Crippen LogP contribution is 2.19. The fourth-order valence-corrected chi connectivity index (χ4v) is 3.04. The first-order valence-electron chi connectivity index (χ1n) is 5.22. The van der Waals surface area contributed by atoms with Crippen LogP contribution in [-0.4, -0.2) is 35.0 Å². The summed E-state index contributed by atoms with van der Waals surface area (Å²) in [4.78, 5) is 4.62. The molecule has 2 atom stereocenters. The quantitative estimate of drug-likeness (QED) is 0.788. The van der Waals surface area contributed by atoms with Gasteiger partial charge in [-0.2, -0.15) is 11.8 Å². The Bertz CT molecular complexity index is 195. The minimum atomic E-state index is 0.551. The third-order valence-electron chi connectivity index (χ3n) is 2.31. The van der Waals surface area contributed by atoms with Crippen LogP contribution in [0.5, 0.6) is 0 Å². The summed E-state index contributed by atoms with van der Waals surface area (Å²) in [5.41, 5.74) is 0. The predicted molar refractivity (Wildman–Crippen MR) is 69.6 cm³/mol. The summed E-state index contributed by atoms with van der Waals surface area (Å²) in [6.45, 7) is 4.44. The normalized spacial score (nSPS) is 23.4. The number of rotatable bonds is 5. The lowest BCUT2D eigenvalue weighted by Crippen LogP contribution is -2.30. The Morgan fingerprint density at radius 1 is 1.71 bits per heavy atom. The van der Waals surface area contributed by atoms with Crippen LogP contribution >= 0.6 is 23.5 Å². The van der Waals surface area contributed by atoms with Gasteiger partial charge in [-0.1, -0.05) is 18.7 Å². The Hall–Kier alpha value is 0.170. The lowest BCUT2D eigenvalue weighted by Gasteiger charge is -2.13. The third-order valence-corrected chi connectivity index (χ3v) is 4.00. The fourth-order valence-electron chi connectivity index (χ4n) is 1.28. The molecule has 1 aliphatic heterocycles. The summed E-state index contributed by atoms with van der Waals surface area (Å²) in [5.74, 6) is 2.39. The van der Waals surface area contributed by atoms with E-state index in [9.17, 15) is 0 Å². The molecule has 1 N–H and O–H groups in total. The van der Waals surface area contributed by atoms with Gasteiger partial charge in [-0.05, 0) is 31.8 Å². The molecule has 0 saturated carbocycles. The molecule has 0 spiro atoms. The zero-order valence-corrected chi connectivity index (χ0v) is 10.9. The van der Waals surface area contributed by atoms with Crippen LogP contribution in [0.4, 0.5) is 0 Å². The van der Waals surface area contributed by atoms with E-state index < -0.39 is 0 Å². The van der Waals surface area contributed by atoms with Crippen molar-refractivity contribution >= 4 is 28.7 Å². The van der Waals surface area contributed by atoms with Crippen LogP contribution in [0.25, 0.3) is 0 Å². The summed E-state index contributed by atoms with van der Waals surface area (Å²) < 4.78 is 0. The molecule has 1 aliphatic rings. The van der Waals surface area contributed by atoms with Crippen LogP contribution in [0.15, 0.2) is 4.99 Å². The van der Waals surface area contributed by atoms with Crippen LogP contribution in [0.2, 0.25) is 0 Å². The van der Waals surface area contributed by atoms with Gasteiger partial charge in [0.1, 0.15) is 0 Å². The van der Waals surface area contributed by atoms with Crippen molar-refractivity contribution in [2.75, 3.05) is 17.8 Å². The van der Waals surface area contributed by atoms with Crippen LogP contribution in [0.3, 0.4) is 0 Å². The zero-order chi connectivity index (χ0) is 10.4. The Labute approximate surface area is 95.7 Å². The summed E-state index contributed by atoms with van der Waals surface area (Å²) in [6.07, 6.45) is 4.54. The van der Waals surface area contributed by atoms with Crippen LogP contribution in [0.1, 0.15) is 26.7 Å². The van der Waals surface area contributed by atoms with Gasteiger partial charge in [0.05, 0.1) is 6.04 Å². The van der Waals surface area contributed by atoms with Crippen molar-refractivity contribution in [1.82, 2.24) is 5.32 Å². The van der Waals surface area contributed by atoms with Crippen molar-refractivity contribution in [2.45, 2.75) is 38.8 Å². The predicted octanol–water partition coefficient (Wildman–Crippen LogP) is 2.60. The molecule has 0 bridgehead atoms. The van der Waals surface area contributed by atoms with Gasteiger partial charge in [0.25, 0.3) is 0 Å². The molecule has 14 heavy (non-hydrogen) atoms. The maximum atomic E-state index is 4.62. The molecule has 1 rings (SSSR count). The number of amidine groups is 1. The third kappa shape index (κ3) is 4.13. The Balaban J connectivity index is 2.23. The molecule has 1 heterocycles. The van der Waals surface area contributed by atoms with Gasteiger partial charge in [0, 0.05) is 11.8 Å². The molecule has 0 aromatic heterocycles. The van der Waals surface area contributed by atoms with Gasteiger partial charge in [-0.25, -0.2) is 0 Å². The highest BCUT2D eigenvalue weighted by Gasteiger charge is 2.17. The van der Waals surface area contributed by atoms with Crippen LogP contribution < -0.4 is 5.32 Å². The van der Waals surface area contributed by atoms with E-state index in [0.29, 0.717) is 12.1 Å². The van der Waals surface area contributed by atoms with Crippen molar-refractivity contribution in [2.24, 2.45) is 4.99 Å². The lowest BCUT2D eigenvalue weighted by molar-refractivity contribution is 0.646. The average Bonchev–Trinajstić information content (AvgIpc) is 2.62. The topological polar surface area (TPSA) is 24.4 Å². The molecule has 0 saturated heterocycles. The number of aliphatic imine (C=N–C) groups is 1. The average molecular weight is 232 g/mol. The second-order valence-electron chi connectivity index (χ2n) is 3.63. The first kappa shape index (κ1) is 12.2. The maximum Gasteiger partial charge on any atom is 0.157 e. The number of hydrogen-bond donors (Lipinski definition) is 1. The smallest absolute Gasteiger partial charge is 0.157 e. The number of nitrogens with zero attached hydrogens (tertiary/aromatic N) is 1. The van der Waals surface area contributed by atoms with E-state index in [1.807, 2.05) is 23.5 Å². The minimum absolute atomic E-state index is 0.551. The molecule has 0 radical (unpaired) electrons. The molecule has 0 aliphatic carbocycles. The minimum Gasteiger partial charge on any atom is -0.362 e. The van der Waals surface area contributed by atoms with Crippen LogP contribution in [-0.2, 0) is 0 Å². The van der Waals surface area contributed by atoms with Crippen molar-refractivity contribution in [1.29, 1.82) is 0 Å². The van der Waals surface area contributed by atoms with Crippen LogP contribution in [0, 0.1) is 0 Å². The van der Waals surface area contributed by atoms with Gasteiger partial charge in [0.2, 0.25) is 0 Å². The van der Waals surface area contributed by atoms with E-state index in [-0.39, 0.29) is 0 Å². The Kier molecular flexibility index (Phi) is 5.78. The molecule has 0 aromatic rings. The van der Waals surface area contributed by atoms with Crippen molar-refractivity contribution < 1.29 is 0 Å². The number of hydrogen-bond acceptors (Lipinski definition) is 4. The summed E-state index contributed by atoms with van der Waals surface area (Å²) in [5, 5.41) is 4.64. The first-order chi connectivity index (χ1) is 6.76. The monoisotopic (exact) mass is 232 g/mol. The highest BCUT2D eigenvalue weighted by molar-refractivity contribution is 8.14. The van der Waals surface area contributed by atoms with Gasteiger partial charge >= 0.3 is 0 Å². The number of thioether (sulfide) groups is 2. The van der Waals surface area contributed by atoms with Crippen molar-refractivity contribution in [3.05, 3.63) is 0 Å². The van der Waals surface area contributed by atoms with Gasteiger partial charge in [-0.3, -0.25) is 4.99 Å². The zero-order valence-electron chi connectivity index (χ0n) is 9.25. The molecular weight excluding hydrogens is 212 g/mol. The van der Waals surface area contributed by atoms with E-state index in [0.717, 1.165) is 17.3 Å². The van der Waals surface area contributed by atoms with E-state index in [2.05, 4.69) is 30.4 Å². The van der Waals surface area contributed by atoms with Crippen molar-refractivity contribution in [3.8, 4) is 0 Å². The molecule has 0 amide bonds. The second kappa shape index (κ2) is 6.62. The Morgan fingerprint density at radius 3 is 3.07 bits per heavy atom. The molecule has 2 nitrogen and oxygen atoms in total. The van der Waals surface area contributed by atoms with Gasteiger partial charge < -0.3 is 5.32 Å². The van der Waals surface area contributed by atoms with Gasteiger partial charge in [0.15, 0.2) is 5.17 Å². The molecule has 82 valence electrons. The van der Waals surface area contributed by atoms with E-state index in [4.69, 9.17) is 0 Å². The summed E-state index contributed by atoms with van der Waals surface area (Å²) in [7, 11) is 0. The number of nitrogens with one attached hydrogen (secondary N) is 1. The molecular formula is C10H20N2S2. The maximum absolute atomic E-state index is 4.62. The second-order valence-corrected chi connectivity index (χ2v) is 5.63. The lowest BCUT2D eigenvalue weighted by atomic mass is 10.3. The highest BCUT2D eigenvalue weighted by atomic mass is 32.2.